The van der Waals surface area contributed by atoms with E-state index < -0.39 is 11.4 Å². The van der Waals surface area contributed by atoms with E-state index in [0.29, 0.717) is 0 Å². The first-order valence-electron chi connectivity index (χ1n) is 9.98. The number of aromatic nitrogens is 3. The number of rotatable bonds is 6. The lowest BCUT2D eigenvalue weighted by atomic mass is 9.99. The molecule has 0 fully saturated rings. The van der Waals surface area contributed by atoms with E-state index >= 15 is 0 Å². The van der Waals surface area contributed by atoms with E-state index in [1.807, 2.05) is 51.1 Å². The Morgan fingerprint density at radius 3 is 2.21 bits per heavy atom. The average molecular weight is 411 g/mol. The molecule has 2 heterocycles. The summed E-state index contributed by atoms with van der Waals surface area (Å²) in [6.45, 7) is 12.1. The van der Waals surface area contributed by atoms with Crippen LogP contribution in [-0.4, -0.2) is 24.1 Å². The van der Waals surface area contributed by atoms with Gasteiger partial charge in [0.2, 0.25) is 0 Å². The summed E-state index contributed by atoms with van der Waals surface area (Å²) in [5.74, 6) is 0.779. The van der Waals surface area contributed by atoms with Crippen molar-refractivity contribution >= 4 is 11.4 Å². The molecule has 1 aromatic carbocycles. The molecule has 0 saturated heterocycles. The predicted octanol–water partition coefficient (Wildman–Crippen LogP) is 5.05. The molecule has 3 aromatic rings. The highest BCUT2D eigenvalue weighted by molar-refractivity contribution is 7.90. The van der Waals surface area contributed by atoms with Crippen LogP contribution in [0.1, 0.15) is 57.1 Å². The smallest absolute Gasteiger partial charge is 0.160 e. The SMILES string of the molecule is CCC(N[S@+]([O-])C(C)(C)C)c1cc(-n2c(C)ccc2C)nnc1-c1ccccc1. The van der Waals surface area contributed by atoms with Crippen molar-refractivity contribution in [1.82, 2.24) is 19.5 Å². The van der Waals surface area contributed by atoms with E-state index in [4.69, 9.17) is 0 Å². The molecule has 29 heavy (non-hydrogen) atoms. The number of benzene rings is 1. The second-order valence-corrected chi connectivity index (χ2v) is 10.3. The predicted molar refractivity (Wildman–Crippen MR) is 120 cm³/mol. The van der Waals surface area contributed by atoms with Gasteiger partial charge in [-0.25, -0.2) is 0 Å². The van der Waals surface area contributed by atoms with Crippen molar-refractivity contribution < 1.29 is 4.55 Å². The normalized spacial score (nSPS) is 14.0. The molecule has 2 aromatic heterocycles. The Hall–Kier alpha value is -2.15. The van der Waals surface area contributed by atoms with Crippen LogP contribution in [0.2, 0.25) is 0 Å². The zero-order chi connectivity index (χ0) is 21.2. The molecule has 5 nitrogen and oxygen atoms in total. The highest BCUT2D eigenvalue weighted by Crippen LogP contribution is 2.31. The quantitative estimate of drug-likeness (QED) is 0.577. The molecular formula is C23H30N4OS. The van der Waals surface area contributed by atoms with Crippen LogP contribution < -0.4 is 4.72 Å². The van der Waals surface area contributed by atoms with Crippen molar-refractivity contribution in [2.24, 2.45) is 0 Å². The molecule has 3 rings (SSSR count). The molecule has 0 spiro atoms. The monoisotopic (exact) mass is 410 g/mol. The maximum absolute atomic E-state index is 12.8. The maximum Gasteiger partial charge on any atom is 0.160 e. The van der Waals surface area contributed by atoms with Crippen molar-refractivity contribution in [3.05, 3.63) is 65.5 Å². The van der Waals surface area contributed by atoms with Gasteiger partial charge in [0, 0.05) is 33.9 Å². The first-order chi connectivity index (χ1) is 13.7. The molecule has 0 aliphatic carbocycles. The minimum atomic E-state index is -1.19. The standard InChI is InChI=1S/C23H30N4OS/c1-7-20(26-29(28)23(4,5)6)19-15-21(27-16(2)13-14-17(27)3)24-25-22(19)18-11-9-8-10-12-18/h8-15,20,26H,7H2,1-6H3/t20?,29-/m1/s1. The Balaban J connectivity index is 2.13. The van der Waals surface area contributed by atoms with E-state index in [-0.39, 0.29) is 10.8 Å². The summed E-state index contributed by atoms with van der Waals surface area (Å²) in [6, 6.07) is 16.2. The largest absolute Gasteiger partial charge is 0.598 e. The molecule has 0 saturated carbocycles. The Morgan fingerprint density at radius 2 is 1.66 bits per heavy atom. The summed E-state index contributed by atoms with van der Waals surface area (Å²) in [6.07, 6.45) is 0.788. The van der Waals surface area contributed by atoms with Crippen LogP contribution in [0.3, 0.4) is 0 Å². The van der Waals surface area contributed by atoms with E-state index in [0.717, 1.165) is 40.4 Å². The Kier molecular flexibility index (Phi) is 6.46. The molecule has 154 valence electrons. The second kappa shape index (κ2) is 8.69. The molecule has 1 N–H and O–H groups in total. The van der Waals surface area contributed by atoms with Crippen LogP contribution >= 0.6 is 0 Å². The Labute approximate surface area is 176 Å². The number of hydrogen-bond donors (Lipinski definition) is 1. The van der Waals surface area contributed by atoms with Gasteiger partial charge in [0.15, 0.2) is 5.82 Å². The first-order valence-corrected chi connectivity index (χ1v) is 11.1. The zero-order valence-electron chi connectivity index (χ0n) is 18.1. The summed E-state index contributed by atoms with van der Waals surface area (Å²) in [7, 11) is 0. The molecule has 6 heteroatoms. The van der Waals surface area contributed by atoms with Crippen molar-refractivity contribution in [2.75, 3.05) is 0 Å². The van der Waals surface area contributed by atoms with Gasteiger partial charge >= 0.3 is 0 Å². The van der Waals surface area contributed by atoms with Crippen LogP contribution in [0.15, 0.2) is 48.5 Å². The summed E-state index contributed by atoms with van der Waals surface area (Å²) in [5.41, 5.74) is 5.05. The van der Waals surface area contributed by atoms with Crippen LogP contribution in [0, 0.1) is 13.8 Å². The van der Waals surface area contributed by atoms with Crippen molar-refractivity contribution in [1.29, 1.82) is 0 Å². The van der Waals surface area contributed by atoms with Crippen molar-refractivity contribution in [2.45, 2.75) is 58.8 Å². The van der Waals surface area contributed by atoms with Gasteiger partial charge in [-0.2, -0.15) is 0 Å². The van der Waals surface area contributed by atoms with Crippen LogP contribution in [0.4, 0.5) is 0 Å². The van der Waals surface area contributed by atoms with Gasteiger partial charge in [0.1, 0.15) is 4.75 Å². The topological polar surface area (TPSA) is 65.8 Å². The summed E-state index contributed by atoms with van der Waals surface area (Å²) in [5, 5.41) is 9.15. The fourth-order valence-electron chi connectivity index (χ4n) is 3.29. The van der Waals surface area contributed by atoms with Crippen molar-refractivity contribution in [3.8, 4) is 17.1 Å². The van der Waals surface area contributed by atoms with E-state index in [9.17, 15) is 4.55 Å². The Bertz CT molecular complexity index is 943. The number of hydrogen-bond acceptors (Lipinski definition) is 4. The molecule has 0 aliphatic rings. The summed E-state index contributed by atoms with van der Waals surface area (Å²) in [4.78, 5) is 0. The third kappa shape index (κ3) is 4.71. The van der Waals surface area contributed by atoms with Gasteiger partial charge < -0.3 is 9.12 Å². The lowest BCUT2D eigenvalue weighted by Gasteiger charge is -2.28. The van der Waals surface area contributed by atoms with Gasteiger partial charge in [-0.3, -0.25) is 0 Å². The zero-order valence-corrected chi connectivity index (χ0v) is 18.9. The van der Waals surface area contributed by atoms with Gasteiger partial charge in [0.25, 0.3) is 0 Å². The summed E-state index contributed by atoms with van der Waals surface area (Å²) >= 11 is -1.19. The minimum absolute atomic E-state index is 0.101. The van der Waals surface area contributed by atoms with Crippen LogP contribution in [-0.2, 0) is 11.4 Å². The fourth-order valence-corrected chi connectivity index (χ4v) is 4.20. The first kappa shape index (κ1) is 21.6. The highest BCUT2D eigenvalue weighted by atomic mass is 32.2. The summed E-state index contributed by atoms with van der Waals surface area (Å²) < 4.78 is 17.9. The van der Waals surface area contributed by atoms with Gasteiger partial charge in [-0.05, 0) is 59.2 Å². The van der Waals surface area contributed by atoms with E-state index in [1.54, 1.807) is 0 Å². The number of aryl methyl sites for hydroxylation is 2. The van der Waals surface area contributed by atoms with Gasteiger partial charge in [-0.1, -0.05) is 37.3 Å². The maximum atomic E-state index is 12.8. The van der Waals surface area contributed by atoms with Crippen LogP contribution in [0.5, 0.6) is 0 Å². The lowest BCUT2D eigenvalue weighted by Crippen LogP contribution is -2.41. The minimum Gasteiger partial charge on any atom is -0.598 e. The molecule has 2 atom stereocenters. The van der Waals surface area contributed by atoms with Crippen molar-refractivity contribution in [3.63, 3.8) is 0 Å². The highest BCUT2D eigenvalue weighted by Gasteiger charge is 2.31. The molecule has 0 aliphatic heterocycles. The molecule has 0 radical (unpaired) electrons. The third-order valence-electron chi connectivity index (χ3n) is 4.95. The Morgan fingerprint density at radius 1 is 1.03 bits per heavy atom. The van der Waals surface area contributed by atoms with E-state index in [1.165, 1.54) is 0 Å². The van der Waals surface area contributed by atoms with Gasteiger partial charge in [-0.15, -0.1) is 14.9 Å². The lowest BCUT2D eigenvalue weighted by molar-refractivity contribution is 0.518. The van der Waals surface area contributed by atoms with Gasteiger partial charge in [0.05, 0.1) is 11.7 Å². The average Bonchev–Trinajstić information content (AvgIpc) is 3.03. The van der Waals surface area contributed by atoms with E-state index in [2.05, 4.69) is 58.5 Å². The second-order valence-electron chi connectivity index (χ2n) is 8.28. The molecule has 1 unspecified atom stereocenters. The molecule has 0 amide bonds. The third-order valence-corrected chi connectivity index (χ3v) is 6.56. The molecule has 0 bridgehead atoms. The fraction of sp³-hybridized carbons (Fsp3) is 0.391. The molecular weight excluding hydrogens is 380 g/mol. The van der Waals surface area contributed by atoms with Crippen LogP contribution in [0.25, 0.3) is 17.1 Å². The number of nitrogens with one attached hydrogen (secondary N) is 1. The number of nitrogens with zero attached hydrogens (tertiary/aromatic N) is 3.